The highest BCUT2D eigenvalue weighted by Gasteiger charge is 2.11. The maximum atomic E-state index is 12.4. The largest absolute Gasteiger partial charge is 0.384 e. The number of nitrogens with zero attached hydrogens (tertiary/aromatic N) is 3. The van der Waals surface area contributed by atoms with Crippen molar-refractivity contribution in [2.75, 3.05) is 5.73 Å². The van der Waals surface area contributed by atoms with Gasteiger partial charge in [0.05, 0.1) is 17.2 Å². The number of anilines is 1. The Morgan fingerprint density at radius 2 is 1.96 bits per heavy atom. The van der Waals surface area contributed by atoms with Crippen LogP contribution in [0.5, 0.6) is 0 Å². The summed E-state index contributed by atoms with van der Waals surface area (Å²) >= 11 is 1.67. The van der Waals surface area contributed by atoms with Gasteiger partial charge in [-0.05, 0) is 38.0 Å². The summed E-state index contributed by atoms with van der Waals surface area (Å²) in [7, 11) is 0. The number of thiazole rings is 1. The van der Waals surface area contributed by atoms with Crippen LogP contribution < -0.4 is 11.1 Å². The third-order valence-electron chi connectivity index (χ3n) is 3.89. The zero-order chi connectivity index (χ0) is 18.5. The van der Waals surface area contributed by atoms with Crippen molar-refractivity contribution in [2.45, 2.75) is 33.2 Å². The van der Waals surface area contributed by atoms with Gasteiger partial charge in [0.15, 0.2) is 5.82 Å². The Hall–Kier alpha value is -2.80. The molecule has 134 valence electrons. The Labute approximate surface area is 156 Å². The van der Waals surface area contributed by atoms with E-state index in [0.29, 0.717) is 23.8 Å². The number of rotatable bonds is 6. The van der Waals surface area contributed by atoms with E-state index in [0.717, 1.165) is 34.0 Å². The van der Waals surface area contributed by atoms with Crippen LogP contribution in [0.4, 0.5) is 5.82 Å². The molecule has 0 fully saturated rings. The van der Waals surface area contributed by atoms with E-state index in [2.05, 4.69) is 27.2 Å². The molecule has 6 nitrogen and oxygen atoms in total. The molecule has 0 saturated heterocycles. The van der Waals surface area contributed by atoms with E-state index in [4.69, 9.17) is 5.73 Å². The van der Waals surface area contributed by atoms with Crippen molar-refractivity contribution in [1.82, 2.24) is 20.3 Å². The molecule has 0 saturated carbocycles. The summed E-state index contributed by atoms with van der Waals surface area (Å²) in [6, 6.07) is 8.80. The first-order chi connectivity index (χ1) is 12.6. The van der Waals surface area contributed by atoms with Crippen LogP contribution in [0.3, 0.4) is 0 Å². The van der Waals surface area contributed by atoms with Crippen molar-refractivity contribution < 1.29 is 4.79 Å². The van der Waals surface area contributed by atoms with Gasteiger partial charge in [-0.15, -0.1) is 11.3 Å². The number of nitrogens with one attached hydrogen (secondary N) is 1. The average Bonchev–Trinajstić information content (AvgIpc) is 2.99. The molecular weight excluding hydrogens is 346 g/mol. The molecule has 0 aliphatic carbocycles. The molecule has 0 atom stereocenters. The van der Waals surface area contributed by atoms with Crippen LogP contribution in [0.1, 0.15) is 39.3 Å². The molecule has 0 aliphatic heterocycles. The topological polar surface area (TPSA) is 93.8 Å². The molecule has 0 radical (unpaired) electrons. The van der Waals surface area contributed by atoms with E-state index < -0.39 is 0 Å². The lowest BCUT2D eigenvalue weighted by Crippen LogP contribution is -2.22. The highest BCUT2D eigenvalue weighted by Crippen LogP contribution is 2.20. The van der Waals surface area contributed by atoms with E-state index in [-0.39, 0.29) is 5.91 Å². The number of amides is 1. The maximum Gasteiger partial charge on any atom is 0.251 e. The van der Waals surface area contributed by atoms with Crippen LogP contribution >= 0.6 is 11.3 Å². The number of hydrogen-bond acceptors (Lipinski definition) is 6. The lowest BCUT2D eigenvalue weighted by molar-refractivity contribution is 0.0951. The quantitative estimate of drug-likeness (QED) is 0.697. The molecule has 3 N–H and O–H groups in total. The maximum absolute atomic E-state index is 12.4. The van der Waals surface area contributed by atoms with E-state index in [9.17, 15) is 4.79 Å². The number of carbonyl (C=O) groups excluding carboxylic acids is 1. The van der Waals surface area contributed by atoms with Crippen LogP contribution in [0.2, 0.25) is 0 Å². The lowest BCUT2D eigenvalue weighted by Gasteiger charge is -2.06. The molecule has 0 unspecified atom stereocenters. The zero-order valence-corrected chi connectivity index (χ0v) is 15.6. The fourth-order valence-corrected chi connectivity index (χ4v) is 3.63. The number of benzene rings is 1. The summed E-state index contributed by atoms with van der Waals surface area (Å²) in [5.41, 5.74) is 8.08. The molecule has 3 rings (SSSR count). The molecule has 2 aromatic heterocycles. The number of aromatic nitrogens is 3. The summed E-state index contributed by atoms with van der Waals surface area (Å²) in [6.45, 7) is 4.61. The molecule has 3 aromatic rings. The fourth-order valence-electron chi connectivity index (χ4n) is 2.52. The van der Waals surface area contributed by atoms with Gasteiger partial charge in [0.25, 0.3) is 5.91 Å². The minimum Gasteiger partial charge on any atom is -0.384 e. The molecule has 1 amide bonds. The third kappa shape index (κ3) is 4.23. The number of aryl methyl sites for hydroxylation is 2. The van der Waals surface area contributed by atoms with Crippen molar-refractivity contribution in [3.63, 3.8) is 0 Å². The van der Waals surface area contributed by atoms with Crippen LogP contribution in [0, 0.1) is 6.92 Å². The van der Waals surface area contributed by atoms with Crippen LogP contribution in [0.15, 0.2) is 36.5 Å². The summed E-state index contributed by atoms with van der Waals surface area (Å²) in [5, 5.41) is 4.09. The summed E-state index contributed by atoms with van der Waals surface area (Å²) < 4.78 is 0. The van der Waals surface area contributed by atoms with Crippen LogP contribution in [0.25, 0.3) is 11.4 Å². The molecule has 7 heteroatoms. The average molecular weight is 367 g/mol. The summed E-state index contributed by atoms with van der Waals surface area (Å²) in [4.78, 5) is 26.4. The van der Waals surface area contributed by atoms with Crippen molar-refractivity contribution >= 4 is 23.1 Å². The van der Waals surface area contributed by atoms with E-state index in [1.807, 2.05) is 19.1 Å². The predicted molar refractivity (Wildman–Crippen MR) is 104 cm³/mol. The summed E-state index contributed by atoms with van der Waals surface area (Å²) in [5.74, 6) is 0.842. The van der Waals surface area contributed by atoms with E-state index >= 15 is 0 Å². The number of carbonyl (C=O) groups is 1. The molecule has 0 aliphatic rings. The van der Waals surface area contributed by atoms with Gasteiger partial charge >= 0.3 is 0 Å². The van der Waals surface area contributed by atoms with Gasteiger partial charge in [0.2, 0.25) is 0 Å². The Balaban J connectivity index is 1.65. The third-order valence-corrected chi connectivity index (χ3v) is 5.11. The van der Waals surface area contributed by atoms with Crippen molar-refractivity contribution in [3.05, 3.63) is 57.7 Å². The standard InChI is InChI=1S/C19H21N5OS/c1-3-4-17-23-12(2)15(26-17)11-22-19(25)14-7-5-13(6-8-14)18-21-10-9-16(20)24-18/h5-10H,3-4,11H2,1-2H3,(H,22,25)(H2,20,21,24). The Bertz CT molecular complexity index is 905. The number of hydrogen-bond donors (Lipinski definition) is 2. The highest BCUT2D eigenvalue weighted by molar-refractivity contribution is 7.11. The molecule has 0 bridgehead atoms. The molecule has 26 heavy (non-hydrogen) atoms. The first-order valence-electron chi connectivity index (χ1n) is 8.49. The molecule has 2 heterocycles. The second-order valence-electron chi connectivity index (χ2n) is 5.93. The smallest absolute Gasteiger partial charge is 0.251 e. The van der Waals surface area contributed by atoms with Crippen molar-refractivity contribution in [1.29, 1.82) is 0 Å². The van der Waals surface area contributed by atoms with Gasteiger partial charge in [0.1, 0.15) is 5.82 Å². The van der Waals surface area contributed by atoms with Crippen molar-refractivity contribution in [3.8, 4) is 11.4 Å². The fraction of sp³-hybridized carbons (Fsp3) is 0.263. The van der Waals surface area contributed by atoms with Gasteiger partial charge in [-0.3, -0.25) is 4.79 Å². The minimum absolute atomic E-state index is 0.116. The monoisotopic (exact) mass is 367 g/mol. The SMILES string of the molecule is CCCc1nc(C)c(CNC(=O)c2ccc(-c3nccc(N)n3)cc2)s1. The Morgan fingerprint density at radius 1 is 1.19 bits per heavy atom. The zero-order valence-electron chi connectivity index (χ0n) is 14.8. The number of nitrogen functional groups attached to an aromatic ring is 1. The van der Waals surface area contributed by atoms with E-state index in [1.54, 1.807) is 35.7 Å². The number of nitrogens with two attached hydrogens (primary N) is 1. The van der Waals surface area contributed by atoms with Gasteiger partial charge in [-0.25, -0.2) is 15.0 Å². The highest BCUT2D eigenvalue weighted by atomic mass is 32.1. The van der Waals surface area contributed by atoms with Gasteiger partial charge in [-0.2, -0.15) is 0 Å². The normalized spacial score (nSPS) is 10.7. The summed E-state index contributed by atoms with van der Waals surface area (Å²) in [6.07, 6.45) is 3.66. The van der Waals surface area contributed by atoms with Gasteiger partial charge < -0.3 is 11.1 Å². The minimum atomic E-state index is -0.116. The lowest BCUT2D eigenvalue weighted by atomic mass is 10.1. The Morgan fingerprint density at radius 3 is 2.65 bits per heavy atom. The van der Waals surface area contributed by atoms with Crippen LogP contribution in [-0.4, -0.2) is 20.9 Å². The second kappa shape index (κ2) is 8.05. The van der Waals surface area contributed by atoms with Gasteiger partial charge in [-0.1, -0.05) is 19.1 Å². The molecule has 1 aromatic carbocycles. The first kappa shape index (κ1) is 18.0. The second-order valence-corrected chi connectivity index (χ2v) is 7.10. The van der Waals surface area contributed by atoms with Crippen molar-refractivity contribution in [2.24, 2.45) is 0 Å². The van der Waals surface area contributed by atoms with Crippen LogP contribution in [-0.2, 0) is 13.0 Å². The molecular formula is C19H21N5OS. The van der Waals surface area contributed by atoms with Gasteiger partial charge in [0, 0.05) is 22.2 Å². The predicted octanol–water partition coefficient (Wildman–Crippen LogP) is 3.37. The first-order valence-corrected chi connectivity index (χ1v) is 9.30. The van der Waals surface area contributed by atoms with E-state index in [1.165, 1.54) is 0 Å². The molecule has 0 spiro atoms. The Kier molecular flexibility index (Phi) is 5.58.